The monoisotopic (exact) mass is 118 g/mol. The lowest BCUT2D eigenvalue weighted by molar-refractivity contribution is -0.107. The molecule has 42 valence electrons. The maximum Gasteiger partial charge on any atom is 0.119 e. The average molecular weight is 118 g/mol. The van der Waals surface area contributed by atoms with Crippen molar-refractivity contribution in [2.75, 3.05) is 5.75 Å². The first-order valence-electron chi connectivity index (χ1n) is 2.46. The maximum atomic E-state index is 9.65. The van der Waals surface area contributed by atoms with E-state index in [1.807, 2.05) is 0 Å². The second-order valence-electron chi connectivity index (χ2n) is 1.39. The summed E-state index contributed by atoms with van der Waals surface area (Å²) in [6.45, 7) is 0. The highest BCUT2D eigenvalue weighted by molar-refractivity contribution is 7.80. The van der Waals surface area contributed by atoms with Crippen LogP contribution in [0.3, 0.4) is 0 Å². The molecule has 0 aromatic rings. The molecule has 0 unspecified atom stereocenters. The van der Waals surface area contributed by atoms with Crippen LogP contribution in [0.15, 0.2) is 0 Å². The van der Waals surface area contributed by atoms with E-state index < -0.39 is 0 Å². The SMILES string of the molecule is O=CCCCCS. The number of rotatable bonds is 4. The molecule has 0 aromatic carbocycles. The van der Waals surface area contributed by atoms with Gasteiger partial charge in [-0.3, -0.25) is 0 Å². The molecule has 7 heavy (non-hydrogen) atoms. The van der Waals surface area contributed by atoms with Crippen molar-refractivity contribution in [3.05, 3.63) is 0 Å². The van der Waals surface area contributed by atoms with Crippen LogP contribution in [0.4, 0.5) is 0 Å². The average Bonchev–Trinajstić information content (AvgIpc) is 1.69. The highest BCUT2D eigenvalue weighted by atomic mass is 32.1. The minimum Gasteiger partial charge on any atom is -0.303 e. The quantitative estimate of drug-likeness (QED) is 0.334. The van der Waals surface area contributed by atoms with Gasteiger partial charge in [0.15, 0.2) is 0 Å². The highest BCUT2D eigenvalue weighted by Gasteiger charge is 1.80. The number of aldehydes is 1. The second-order valence-corrected chi connectivity index (χ2v) is 1.83. The zero-order valence-corrected chi connectivity index (χ0v) is 5.16. The first kappa shape index (κ1) is 7.02. The molecule has 0 fully saturated rings. The summed E-state index contributed by atoms with van der Waals surface area (Å²) in [6.07, 6.45) is 3.69. The first-order chi connectivity index (χ1) is 3.41. The van der Waals surface area contributed by atoms with Crippen molar-refractivity contribution >= 4 is 18.9 Å². The van der Waals surface area contributed by atoms with Gasteiger partial charge in [0.25, 0.3) is 0 Å². The lowest BCUT2D eigenvalue weighted by atomic mass is 10.3. The van der Waals surface area contributed by atoms with Crippen LogP contribution in [-0.4, -0.2) is 12.0 Å². The van der Waals surface area contributed by atoms with E-state index in [1.54, 1.807) is 0 Å². The molecule has 0 heterocycles. The van der Waals surface area contributed by atoms with Crippen LogP contribution in [0, 0.1) is 0 Å². The van der Waals surface area contributed by atoms with E-state index in [4.69, 9.17) is 0 Å². The molecule has 0 saturated heterocycles. The molecular weight excluding hydrogens is 108 g/mol. The third-order valence-corrected chi connectivity index (χ3v) is 1.05. The Hall–Kier alpha value is 0.0200. The van der Waals surface area contributed by atoms with Crippen LogP contribution in [0.25, 0.3) is 0 Å². The topological polar surface area (TPSA) is 17.1 Å². The molecule has 0 rings (SSSR count). The van der Waals surface area contributed by atoms with E-state index in [0.717, 1.165) is 24.9 Å². The van der Waals surface area contributed by atoms with Gasteiger partial charge in [0, 0.05) is 6.42 Å². The van der Waals surface area contributed by atoms with E-state index in [-0.39, 0.29) is 0 Å². The summed E-state index contributed by atoms with van der Waals surface area (Å²) < 4.78 is 0. The molecule has 0 aliphatic heterocycles. The summed E-state index contributed by atoms with van der Waals surface area (Å²) in [5.74, 6) is 0.897. The summed E-state index contributed by atoms with van der Waals surface area (Å²) in [7, 11) is 0. The Bertz CT molecular complexity index is 45.3. The Labute approximate surface area is 49.5 Å². The van der Waals surface area contributed by atoms with Gasteiger partial charge in [-0.15, -0.1) is 0 Å². The minimum absolute atomic E-state index is 0.695. The molecule has 0 bridgehead atoms. The smallest absolute Gasteiger partial charge is 0.119 e. The van der Waals surface area contributed by atoms with Gasteiger partial charge in [-0.05, 0) is 18.6 Å². The van der Waals surface area contributed by atoms with E-state index in [2.05, 4.69) is 12.6 Å². The zero-order valence-electron chi connectivity index (χ0n) is 4.26. The summed E-state index contributed by atoms with van der Waals surface area (Å²) in [5.41, 5.74) is 0. The fourth-order valence-corrected chi connectivity index (χ4v) is 0.563. The van der Waals surface area contributed by atoms with Gasteiger partial charge in [0.2, 0.25) is 0 Å². The van der Waals surface area contributed by atoms with Crippen molar-refractivity contribution in [1.82, 2.24) is 0 Å². The molecule has 0 amide bonds. The number of unbranched alkanes of at least 4 members (excludes halogenated alkanes) is 2. The molecule has 0 N–H and O–H groups in total. The fraction of sp³-hybridized carbons (Fsp3) is 0.800. The van der Waals surface area contributed by atoms with Crippen LogP contribution in [0.2, 0.25) is 0 Å². The Morgan fingerprint density at radius 2 is 2.14 bits per heavy atom. The standard InChI is InChI=1S/C5H10OS/c6-4-2-1-3-5-7/h4,7H,1-3,5H2. The predicted molar refractivity (Wildman–Crippen MR) is 33.8 cm³/mol. The predicted octanol–water partition coefficient (Wildman–Crippen LogP) is 1.29. The van der Waals surface area contributed by atoms with Crippen LogP contribution >= 0.6 is 12.6 Å². The molecule has 0 spiro atoms. The van der Waals surface area contributed by atoms with Crippen molar-refractivity contribution < 1.29 is 4.79 Å². The van der Waals surface area contributed by atoms with Gasteiger partial charge in [0.05, 0.1) is 0 Å². The summed E-state index contributed by atoms with van der Waals surface area (Å²) in [6, 6.07) is 0. The van der Waals surface area contributed by atoms with Gasteiger partial charge in [0.1, 0.15) is 6.29 Å². The van der Waals surface area contributed by atoms with Crippen molar-refractivity contribution in [1.29, 1.82) is 0 Å². The molecular formula is C5H10OS. The van der Waals surface area contributed by atoms with E-state index in [9.17, 15) is 4.79 Å². The first-order valence-corrected chi connectivity index (χ1v) is 3.09. The van der Waals surface area contributed by atoms with Gasteiger partial charge >= 0.3 is 0 Å². The number of carbonyl (C=O) groups is 1. The van der Waals surface area contributed by atoms with Crippen molar-refractivity contribution in [3.8, 4) is 0 Å². The zero-order chi connectivity index (χ0) is 5.54. The molecule has 0 aliphatic rings. The van der Waals surface area contributed by atoms with E-state index in [1.165, 1.54) is 0 Å². The van der Waals surface area contributed by atoms with Crippen molar-refractivity contribution in [3.63, 3.8) is 0 Å². The number of carbonyl (C=O) groups excluding carboxylic acids is 1. The Kier molecular flexibility index (Phi) is 6.04. The van der Waals surface area contributed by atoms with E-state index >= 15 is 0 Å². The number of thiol groups is 1. The third-order valence-electron chi connectivity index (χ3n) is 0.730. The van der Waals surface area contributed by atoms with Crippen LogP contribution in [-0.2, 0) is 4.79 Å². The second kappa shape index (κ2) is 6.02. The van der Waals surface area contributed by atoms with Gasteiger partial charge < -0.3 is 4.79 Å². The summed E-state index contributed by atoms with van der Waals surface area (Å²) >= 11 is 3.98. The number of hydrogen-bond donors (Lipinski definition) is 1. The van der Waals surface area contributed by atoms with Crippen LogP contribution < -0.4 is 0 Å². The molecule has 0 aromatic heterocycles. The fourth-order valence-electron chi connectivity index (χ4n) is 0.339. The van der Waals surface area contributed by atoms with Crippen molar-refractivity contribution in [2.24, 2.45) is 0 Å². The van der Waals surface area contributed by atoms with Crippen LogP contribution in [0.1, 0.15) is 19.3 Å². The third kappa shape index (κ3) is 6.02. The summed E-state index contributed by atoms with van der Waals surface area (Å²) in [5, 5.41) is 0. The Morgan fingerprint density at radius 1 is 1.43 bits per heavy atom. The highest BCUT2D eigenvalue weighted by Crippen LogP contribution is 1.92. The lowest BCUT2D eigenvalue weighted by Gasteiger charge is -1.85. The minimum atomic E-state index is 0.695. The molecule has 0 aliphatic carbocycles. The molecule has 0 saturated carbocycles. The largest absolute Gasteiger partial charge is 0.303 e. The number of hydrogen-bond acceptors (Lipinski definition) is 2. The van der Waals surface area contributed by atoms with Gasteiger partial charge in [-0.25, -0.2) is 0 Å². The van der Waals surface area contributed by atoms with Gasteiger partial charge in [-0.2, -0.15) is 12.6 Å². The summed E-state index contributed by atoms with van der Waals surface area (Å²) in [4.78, 5) is 9.65. The lowest BCUT2D eigenvalue weighted by Crippen LogP contribution is -1.76. The van der Waals surface area contributed by atoms with E-state index in [0.29, 0.717) is 6.42 Å². The normalized spacial score (nSPS) is 8.71. The molecule has 0 atom stereocenters. The maximum absolute atomic E-state index is 9.65. The Balaban J connectivity index is 2.56. The Morgan fingerprint density at radius 3 is 2.57 bits per heavy atom. The molecule has 1 nitrogen and oxygen atoms in total. The molecule has 0 radical (unpaired) electrons. The van der Waals surface area contributed by atoms with Crippen LogP contribution in [0.5, 0.6) is 0 Å². The molecule has 2 heteroatoms. The van der Waals surface area contributed by atoms with Crippen molar-refractivity contribution in [2.45, 2.75) is 19.3 Å². The van der Waals surface area contributed by atoms with Gasteiger partial charge in [-0.1, -0.05) is 0 Å².